The minimum Gasteiger partial charge on any atom is -0.457 e. The molecule has 2 aromatic rings. The Morgan fingerprint density at radius 1 is 1.19 bits per heavy atom. The number of aliphatic hydroxyl groups is 1. The van der Waals surface area contributed by atoms with Crippen molar-refractivity contribution < 1.29 is 36.2 Å². The van der Waals surface area contributed by atoms with Crippen LogP contribution in [0.5, 0.6) is 11.5 Å². The van der Waals surface area contributed by atoms with Crippen LogP contribution in [0.1, 0.15) is 41.7 Å². The number of rotatable bonds is 3. The standard InChI is InChI=1S/C18H11F6NO2/c1-17(22)15(26)13-11(18(17,23)24)2-3-12(14(13)16(20)21)27-10-5-8(7-25)4-9(19)6-10/h2-6,15-16,26H,1H3. The van der Waals surface area contributed by atoms with Crippen molar-refractivity contribution in [2.24, 2.45) is 0 Å². The van der Waals surface area contributed by atoms with Crippen LogP contribution in [0.15, 0.2) is 30.3 Å². The number of fused-ring (bicyclic) bond motifs is 1. The third-order valence-corrected chi connectivity index (χ3v) is 4.43. The largest absolute Gasteiger partial charge is 0.457 e. The molecule has 3 nitrogen and oxygen atoms in total. The second-order valence-electron chi connectivity index (χ2n) is 6.18. The van der Waals surface area contributed by atoms with E-state index in [-0.39, 0.29) is 11.3 Å². The first-order valence-corrected chi connectivity index (χ1v) is 7.59. The summed E-state index contributed by atoms with van der Waals surface area (Å²) < 4.78 is 88.6. The van der Waals surface area contributed by atoms with Gasteiger partial charge in [0.15, 0.2) is 0 Å². The molecule has 0 amide bonds. The zero-order valence-electron chi connectivity index (χ0n) is 13.6. The maximum Gasteiger partial charge on any atom is 0.309 e. The van der Waals surface area contributed by atoms with Crippen molar-refractivity contribution in [1.29, 1.82) is 5.26 Å². The number of hydrogen-bond donors (Lipinski definition) is 1. The molecular formula is C18H11F6NO2. The Bertz CT molecular complexity index is 952. The molecule has 3 rings (SSSR count). The third kappa shape index (κ3) is 2.80. The molecular weight excluding hydrogens is 376 g/mol. The topological polar surface area (TPSA) is 53.2 Å². The highest BCUT2D eigenvalue weighted by atomic mass is 19.3. The van der Waals surface area contributed by atoms with Crippen LogP contribution in [-0.4, -0.2) is 10.8 Å². The van der Waals surface area contributed by atoms with E-state index in [1.54, 1.807) is 6.07 Å². The van der Waals surface area contributed by atoms with E-state index in [9.17, 15) is 31.4 Å². The molecule has 142 valence electrons. The predicted molar refractivity (Wildman–Crippen MR) is 81.0 cm³/mol. The van der Waals surface area contributed by atoms with Gasteiger partial charge >= 0.3 is 5.92 Å². The van der Waals surface area contributed by atoms with E-state index in [2.05, 4.69) is 0 Å². The molecule has 27 heavy (non-hydrogen) atoms. The Balaban J connectivity index is 2.17. The molecule has 1 aliphatic carbocycles. The number of benzene rings is 2. The molecule has 1 N–H and O–H groups in total. The second kappa shape index (κ2) is 6.16. The predicted octanol–water partition coefficient (Wildman–Crippen LogP) is 5.29. The van der Waals surface area contributed by atoms with Gasteiger partial charge in [0.05, 0.1) is 17.2 Å². The molecule has 0 aliphatic heterocycles. The smallest absolute Gasteiger partial charge is 0.309 e. The molecule has 0 saturated carbocycles. The van der Waals surface area contributed by atoms with Gasteiger partial charge in [-0.25, -0.2) is 17.6 Å². The Labute approximate surface area is 149 Å². The van der Waals surface area contributed by atoms with E-state index < -0.39 is 52.4 Å². The van der Waals surface area contributed by atoms with Gasteiger partial charge in [-0.2, -0.15) is 14.0 Å². The summed E-state index contributed by atoms with van der Waals surface area (Å²) in [6.07, 6.45) is -5.91. The Morgan fingerprint density at radius 2 is 1.85 bits per heavy atom. The molecule has 2 unspecified atom stereocenters. The maximum atomic E-state index is 14.4. The quantitative estimate of drug-likeness (QED) is 0.728. The first-order valence-electron chi connectivity index (χ1n) is 7.59. The van der Waals surface area contributed by atoms with Crippen molar-refractivity contribution in [3.05, 3.63) is 58.4 Å². The highest BCUT2D eigenvalue weighted by Crippen LogP contribution is 2.59. The summed E-state index contributed by atoms with van der Waals surface area (Å²) >= 11 is 0. The van der Waals surface area contributed by atoms with Gasteiger partial charge < -0.3 is 9.84 Å². The van der Waals surface area contributed by atoms with Gasteiger partial charge in [0.1, 0.15) is 23.4 Å². The highest BCUT2D eigenvalue weighted by molar-refractivity contribution is 5.55. The summed E-state index contributed by atoms with van der Waals surface area (Å²) in [5.41, 5.74) is -6.81. The minimum atomic E-state index is -4.20. The van der Waals surface area contributed by atoms with Crippen molar-refractivity contribution in [2.45, 2.75) is 31.0 Å². The molecule has 0 heterocycles. The van der Waals surface area contributed by atoms with E-state index in [0.29, 0.717) is 13.0 Å². The van der Waals surface area contributed by atoms with Crippen LogP contribution in [0.25, 0.3) is 0 Å². The van der Waals surface area contributed by atoms with Crippen LogP contribution < -0.4 is 4.74 Å². The first kappa shape index (κ1) is 19.0. The molecule has 0 radical (unpaired) electrons. The van der Waals surface area contributed by atoms with Crippen molar-refractivity contribution in [3.63, 3.8) is 0 Å². The molecule has 0 bridgehead atoms. The Kier molecular flexibility index (Phi) is 4.35. The SMILES string of the molecule is CC1(F)C(O)c2c(ccc(Oc3cc(F)cc(C#N)c3)c2C(F)F)C1(F)F. The fourth-order valence-electron chi connectivity index (χ4n) is 3.02. The number of aliphatic hydroxyl groups excluding tert-OH is 1. The van der Waals surface area contributed by atoms with Gasteiger partial charge in [-0.15, -0.1) is 0 Å². The van der Waals surface area contributed by atoms with Crippen LogP contribution in [-0.2, 0) is 5.92 Å². The lowest BCUT2D eigenvalue weighted by Gasteiger charge is -2.25. The number of nitrogens with zero attached hydrogens (tertiary/aromatic N) is 1. The van der Waals surface area contributed by atoms with Gasteiger partial charge in [0, 0.05) is 17.2 Å². The number of hydrogen-bond acceptors (Lipinski definition) is 3. The highest BCUT2D eigenvalue weighted by Gasteiger charge is 2.65. The van der Waals surface area contributed by atoms with Crippen molar-refractivity contribution in [3.8, 4) is 17.6 Å². The summed E-state index contributed by atoms with van der Waals surface area (Å²) in [5, 5.41) is 18.8. The van der Waals surface area contributed by atoms with Crippen LogP contribution in [0, 0.1) is 17.1 Å². The average Bonchev–Trinajstić information content (AvgIpc) is 2.71. The lowest BCUT2D eigenvalue weighted by atomic mass is 9.98. The summed E-state index contributed by atoms with van der Waals surface area (Å²) in [4.78, 5) is 0. The molecule has 0 saturated heterocycles. The zero-order valence-corrected chi connectivity index (χ0v) is 13.6. The fraction of sp³-hybridized carbons (Fsp3) is 0.278. The van der Waals surface area contributed by atoms with E-state index in [1.807, 2.05) is 0 Å². The van der Waals surface area contributed by atoms with Crippen LogP contribution in [0.4, 0.5) is 26.3 Å². The summed E-state index contributed by atoms with van der Waals surface area (Å²) in [7, 11) is 0. The summed E-state index contributed by atoms with van der Waals surface area (Å²) in [5.74, 6) is -6.08. The molecule has 9 heteroatoms. The van der Waals surface area contributed by atoms with E-state index >= 15 is 0 Å². The van der Waals surface area contributed by atoms with Crippen LogP contribution >= 0.6 is 0 Å². The summed E-state index contributed by atoms with van der Waals surface area (Å²) in [6, 6.07) is 5.81. The Hall–Kier alpha value is -2.73. The van der Waals surface area contributed by atoms with Gasteiger partial charge in [-0.3, -0.25) is 0 Å². The number of alkyl halides is 5. The maximum absolute atomic E-state index is 14.4. The van der Waals surface area contributed by atoms with Gasteiger partial charge in [-0.05, 0) is 31.2 Å². The molecule has 0 aromatic heterocycles. The van der Waals surface area contributed by atoms with Crippen LogP contribution in [0.3, 0.4) is 0 Å². The van der Waals surface area contributed by atoms with E-state index in [0.717, 1.165) is 24.3 Å². The fourth-order valence-corrected chi connectivity index (χ4v) is 3.02. The van der Waals surface area contributed by atoms with Crippen molar-refractivity contribution in [2.75, 3.05) is 0 Å². The number of halogens is 6. The molecule has 2 atom stereocenters. The first-order chi connectivity index (χ1) is 12.5. The zero-order chi connectivity index (χ0) is 20.1. The van der Waals surface area contributed by atoms with Crippen molar-refractivity contribution in [1.82, 2.24) is 0 Å². The Morgan fingerprint density at radius 3 is 2.44 bits per heavy atom. The molecule has 1 aliphatic rings. The van der Waals surface area contributed by atoms with Gasteiger partial charge in [0.2, 0.25) is 5.67 Å². The second-order valence-corrected chi connectivity index (χ2v) is 6.18. The average molecular weight is 387 g/mol. The monoisotopic (exact) mass is 387 g/mol. The molecule has 0 spiro atoms. The number of nitriles is 1. The molecule has 2 aromatic carbocycles. The van der Waals surface area contributed by atoms with Crippen LogP contribution in [0.2, 0.25) is 0 Å². The van der Waals surface area contributed by atoms with Crippen molar-refractivity contribution >= 4 is 0 Å². The lowest BCUT2D eigenvalue weighted by Crippen LogP contribution is -2.37. The van der Waals surface area contributed by atoms with Gasteiger partial charge in [-0.1, -0.05) is 0 Å². The van der Waals surface area contributed by atoms with E-state index in [1.165, 1.54) is 0 Å². The minimum absolute atomic E-state index is 0.160. The number of ether oxygens (including phenoxy) is 1. The third-order valence-electron chi connectivity index (χ3n) is 4.43. The summed E-state index contributed by atoms with van der Waals surface area (Å²) in [6.45, 7) is 0.416. The van der Waals surface area contributed by atoms with E-state index in [4.69, 9.17) is 10.00 Å². The molecule has 0 fully saturated rings. The lowest BCUT2D eigenvalue weighted by molar-refractivity contribution is -0.166. The normalized spacial score (nSPS) is 23.2. The van der Waals surface area contributed by atoms with Gasteiger partial charge in [0.25, 0.3) is 6.43 Å².